The Labute approximate surface area is 143 Å². The fourth-order valence-corrected chi connectivity index (χ4v) is 2.54. The summed E-state index contributed by atoms with van der Waals surface area (Å²) in [7, 11) is 0. The van der Waals surface area contributed by atoms with Gasteiger partial charge in [0.05, 0.1) is 10.6 Å². The number of rotatable bonds is 4. The molecule has 0 bridgehead atoms. The zero-order valence-electron chi connectivity index (χ0n) is 12.2. The van der Waals surface area contributed by atoms with Crippen molar-refractivity contribution in [2.24, 2.45) is 0 Å². The van der Waals surface area contributed by atoms with Crippen molar-refractivity contribution in [1.29, 1.82) is 0 Å². The van der Waals surface area contributed by atoms with Gasteiger partial charge in [-0.3, -0.25) is 9.59 Å². The van der Waals surface area contributed by atoms with Crippen LogP contribution in [0.3, 0.4) is 0 Å². The third-order valence-corrected chi connectivity index (χ3v) is 3.92. The molecule has 2 amide bonds. The minimum Gasteiger partial charge on any atom is -0.452 e. The molecule has 1 fully saturated rings. The van der Waals surface area contributed by atoms with Crippen LogP contribution in [0.2, 0.25) is 10.0 Å². The van der Waals surface area contributed by atoms with Gasteiger partial charge in [-0.25, -0.2) is 4.79 Å². The Balaban J connectivity index is 1.87. The lowest BCUT2D eigenvalue weighted by molar-refractivity contribution is -0.130. The van der Waals surface area contributed by atoms with Crippen LogP contribution in [0.25, 0.3) is 0 Å². The van der Waals surface area contributed by atoms with Crippen LogP contribution in [0.1, 0.15) is 29.6 Å². The van der Waals surface area contributed by atoms with Gasteiger partial charge in [0.1, 0.15) is 6.04 Å². The highest BCUT2D eigenvalue weighted by Crippen LogP contribution is 2.21. The monoisotopic (exact) mass is 358 g/mol. The van der Waals surface area contributed by atoms with Crippen molar-refractivity contribution < 1.29 is 19.1 Å². The first-order valence-electron chi connectivity index (χ1n) is 7.16. The Morgan fingerprint density at radius 1 is 1.30 bits per heavy atom. The van der Waals surface area contributed by atoms with Crippen LogP contribution in [0.5, 0.6) is 0 Å². The summed E-state index contributed by atoms with van der Waals surface area (Å²) in [6.07, 6.45) is 2.27. The van der Waals surface area contributed by atoms with Gasteiger partial charge in [-0.2, -0.15) is 0 Å². The van der Waals surface area contributed by atoms with E-state index in [-0.39, 0.29) is 16.5 Å². The number of ether oxygens (including phenoxy) is 1. The topological polar surface area (TPSA) is 84.5 Å². The van der Waals surface area contributed by atoms with Gasteiger partial charge in [0.15, 0.2) is 6.61 Å². The molecule has 0 radical (unpaired) electrons. The zero-order chi connectivity index (χ0) is 16.8. The highest BCUT2D eigenvalue weighted by molar-refractivity contribution is 6.35. The standard InChI is InChI=1S/C15H16Cl2N2O4/c16-9-4-5-11(17)10(7-9)15(22)23-8-13(20)19-12-3-1-2-6-18-14(12)21/h4-5,7,12H,1-3,6,8H2,(H,18,21)(H,19,20). The normalized spacial score (nSPS) is 17.8. The summed E-state index contributed by atoms with van der Waals surface area (Å²) >= 11 is 11.7. The van der Waals surface area contributed by atoms with E-state index in [1.807, 2.05) is 0 Å². The molecule has 23 heavy (non-hydrogen) atoms. The minimum absolute atomic E-state index is 0.0826. The lowest BCUT2D eigenvalue weighted by Crippen LogP contribution is -2.46. The molecule has 124 valence electrons. The molecule has 0 aliphatic carbocycles. The Bertz CT molecular complexity index is 621. The van der Waals surface area contributed by atoms with Crippen LogP contribution in [0, 0.1) is 0 Å². The summed E-state index contributed by atoms with van der Waals surface area (Å²) in [5.74, 6) is -1.52. The first-order chi connectivity index (χ1) is 11.0. The molecular weight excluding hydrogens is 343 g/mol. The molecule has 1 aliphatic rings. The third kappa shape index (κ3) is 5.11. The van der Waals surface area contributed by atoms with Gasteiger partial charge in [-0.1, -0.05) is 23.2 Å². The van der Waals surface area contributed by atoms with Gasteiger partial charge >= 0.3 is 5.97 Å². The summed E-state index contributed by atoms with van der Waals surface area (Å²) in [4.78, 5) is 35.5. The van der Waals surface area contributed by atoms with Crippen LogP contribution in [0.4, 0.5) is 0 Å². The van der Waals surface area contributed by atoms with E-state index in [4.69, 9.17) is 27.9 Å². The zero-order valence-corrected chi connectivity index (χ0v) is 13.7. The number of carbonyl (C=O) groups is 3. The van der Waals surface area contributed by atoms with E-state index in [0.29, 0.717) is 18.0 Å². The van der Waals surface area contributed by atoms with Crippen LogP contribution >= 0.6 is 23.2 Å². The van der Waals surface area contributed by atoms with Gasteiger partial charge in [-0.05, 0) is 37.5 Å². The third-order valence-electron chi connectivity index (χ3n) is 3.35. The highest BCUT2D eigenvalue weighted by atomic mass is 35.5. The molecule has 1 aromatic rings. The average Bonchev–Trinajstić information content (AvgIpc) is 2.72. The molecule has 2 rings (SSSR count). The number of amides is 2. The van der Waals surface area contributed by atoms with Crippen molar-refractivity contribution in [3.8, 4) is 0 Å². The van der Waals surface area contributed by atoms with Crippen LogP contribution in [-0.4, -0.2) is 37.0 Å². The second-order valence-electron chi connectivity index (χ2n) is 5.11. The molecule has 1 aliphatic heterocycles. The predicted molar refractivity (Wildman–Crippen MR) is 85.5 cm³/mol. The molecule has 1 aromatic carbocycles. The Morgan fingerprint density at radius 2 is 2.09 bits per heavy atom. The molecule has 0 spiro atoms. The highest BCUT2D eigenvalue weighted by Gasteiger charge is 2.23. The number of carbonyl (C=O) groups excluding carboxylic acids is 3. The summed E-state index contributed by atoms with van der Waals surface area (Å²) in [6, 6.07) is 3.77. The number of hydrogen-bond donors (Lipinski definition) is 2. The molecule has 0 saturated carbocycles. The van der Waals surface area contributed by atoms with Gasteiger partial charge in [-0.15, -0.1) is 0 Å². The van der Waals surface area contributed by atoms with Gasteiger partial charge in [0.25, 0.3) is 5.91 Å². The first kappa shape index (κ1) is 17.6. The molecule has 6 nitrogen and oxygen atoms in total. The van der Waals surface area contributed by atoms with Crippen molar-refractivity contribution in [3.05, 3.63) is 33.8 Å². The second kappa shape index (κ2) is 8.17. The van der Waals surface area contributed by atoms with Crippen molar-refractivity contribution in [2.45, 2.75) is 25.3 Å². The molecule has 1 saturated heterocycles. The van der Waals surface area contributed by atoms with E-state index in [1.54, 1.807) is 0 Å². The number of halogens is 2. The van der Waals surface area contributed by atoms with E-state index in [0.717, 1.165) is 12.8 Å². The van der Waals surface area contributed by atoms with E-state index >= 15 is 0 Å². The van der Waals surface area contributed by atoms with Crippen LogP contribution < -0.4 is 10.6 Å². The molecule has 0 aromatic heterocycles. The predicted octanol–water partition coefficient (Wildman–Crippen LogP) is 1.94. The summed E-state index contributed by atoms with van der Waals surface area (Å²) in [6.45, 7) is 0.110. The fourth-order valence-electron chi connectivity index (χ4n) is 2.18. The smallest absolute Gasteiger partial charge is 0.340 e. The summed E-state index contributed by atoms with van der Waals surface area (Å²) in [5.41, 5.74) is 0.0826. The van der Waals surface area contributed by atoms with Gasteiger partial charge < -0.3 is 15.4 Å². The molecule has 1 atom stereocenters. The van der Waals surface area contributed by atoms with E-state index in [1.165, 1.54) is 18.2 Å². The minimum atomic E-state index is -0.752. The van der Waals surface area contributed by atoms with Crippen molar-refractivity contribution in [1.82, 2.24) is 10.6 Å². The number of benzene rings is 1. The first-order valence-corrected chi connectivity index (χ1v) is 7.92. The molecular formula is C15H16Cl2N2O4. The van der Waals surface area contributed by atoms with Crippen LogP contribution in [0.15, 0.2) is 18.2 Å². The summed E-state index contributed by atoms with van der Waals surface area (Å²) < 4.78 is 4.91. The lowest BCUT2D eigenvalue weighted by atomic mass is 10.1. The molecule has 1 unspecified atom stereocenters. The summed E-state index contributed by atoms with van der Waals surface area (Å²) in [5, 5.41) is 5.78. The number of nitrogens with one attached hydrogen (secondary N) is 2. The van der Waals surface area contributed by atoms with E-state index < -0.39 is 24.5 Å². The Hall–Kier alpha value is -1.79. The Kier molecular flexibility index (Phi) is 6.24. The second-order valence-corrected chi connectivity index (χ2v) is 5.95. The average molecular weight is 359 g/mol. The fraction of sp³-hybridized carbons (Fsp3) is 0.400. The van der Waals surface area contributed by atoms with Crippen LogP contribution in [-0.2, 0) is 14.3 Å². The molecule has 2 N–H and O–H groups in total. The maximum Gasteiger partial charge on any atom is 0.340 e. The quantitative estimate of drug-likeness (QED) is 0.805. The maximum absolute atomic E-state index is 11.9. The van der Waals surface area contributed by atoms with Gasteiger partial charge in [0.2, 0.25) is 5.91 Å². The van der Waals surface area contributed by atoms with Crippen molar-refractivity contribution in [3.63, 3.8) is 0 Å². The van der Waals surface area contributed by atoms with Gasteiger partial charge in [0, 0.05) is 11.6 Å². The SMILES string of the molecule is O=C(COC(=O)c1cc(Cl)ccc1Cl)NC1CCCCNC1=O. The maximum atomic E-state index is 11.9. The van der Waals surface area contributed by atoms with Crippen molar-refractivity contribution in [2.75, 3.05) is 13.2 Å². The molecule has 1 heterocycles. The largest absolute Gasteiger partial charge is 0.452 e. The molecule has 8 heteroatoms. The van der Waals surface area contributed by atoms with E-state index in [2.05, 4.69) is 10.6 Å². The Morgan fingerprint density at radius 3 is 2.87 bits per heavy atom. The lowest BCUT2D eigenvalue weighted by Gasteiger charge is -2.15. The van der Waals surface area contributed by atoms with Crippen molar-refractivity contribution >= 4 is 41.0 Å². The number of hydrogen-bond acceptors (Lipinski definition) is 4. The van der Waals surface area contributed by atoms with E-state index in [9.17, 15) is 14.4 Å². The number of esters is 1.